The van der Waals surface area contributed by atoms with E-state index < -0.39 is 0 Å². The minimum absolute atomic E-state index is 0.107. The molecule has 0 aliphatic rings. The SMILES string of the molecule is COC(=O)CCNC(=O)c1ccc(NC(=O)N(C)Cc2ccc(Cl)cc2)cc1. The fraction of sp³-hybridized carbons (Fsp3) is 0.250. The number of methoxy groups -OCH3 is 1. The summed E-state index contributed by atoms with van der Waals surface area (Å²) in [6.07, 6.45) is 0.107. The van der Waals surface area contributed by atoms with Gasteiger partial charge in [0, 0.05) is 36.4 Å². The maximum absolute atomic E-state index is 12.3. The predicted octanol–water partition coefficient (Wildman–Crippen LogP) is 3.30. The molecular formula is C20H22ClN3O4. The number of nitrogens with zero attached hydrogens (tertiary/aromatic N) is 1. The van der Waals surface area contributed by atoms with Crippen molar-refractivity contribution in [3.8, 4) is 0 Å². The molecule has 0 saturated heterocycles. The van der Waals surface area contributed by atoms with E-state index in [4.69, 9.17) is 11.6 Å². The van der Waals surface area contributed by atoms with Crippen LogP contribution in [-0.2, 0) is 16.1 Å². The van der Waals surface area contributed by atoms with Crippen LogP contribution in [0, 0.1) is 0 Å². The minimum Gasteiger partial charge on any atom is -0.469 e. The summed E-state index contributed by atoms with van der Waals surface area (Å²) in [6, 6.07) is 13.5. The zero-order chi connectivity index (χ0) is 20.5. The van der Waals surface area contributed by atoms with Crippen LogP contribution in [0.4, 0.5) is 10.5 Å². The van der Waals surface area contributed by atoms with Crippen molar-refractivity contribution >= 4 is 35.2 Å². The number of amides is 3. The van der Waals surface area contributed by atoms with Crippen molar-refractivity contribution in [1.82, 2.24) is 10.2 Å². The number of carbonyl (C=O) groups excluding carboxylic acids is 3. The van der Waals surface area contributed by atoms with E-state index in [1.807, 2.05) is 12.1 Å². The lowest BCUT2D eigenvalue weighted by molar-refractivity contribution is -0.140. The predicted molar refractivity (Wildman–Crippen MR) is 107 cm³/mol. The van der Waals surface area contributed by atoms with E-state index in [2.05, 4.69) is 15.4 Å². The molecule has 0 bridgehead atoms. The van der Waals surface area contributed by atoms with Gasteiger partial charge in [0.25, 0.3) is 5.91 Å². The Bertz CT molecular complexity index is 822. The first-order chi connectivity index (χ1) is 13.4. The number of nitrogens with one attached hydrogen (secondary N) is 2. The number of hydrogen-bond donors (Lipinski definition) is 2. The molecule has 28 heavy (non-hydrogen) atoms. The van der Waals surface area contributed by atoms with Crippen molar-refractivity contribution in [2.24, 2.45) is 0 Å². The highest BCUT2D eigenvalue weighted by Crippen LogP contribution is 2.13. The molecule has 148 valence electrons. The second kappa shape index (κ2) is 10.3. The standard InChI is InChI=1S/C20H22ClN3O4/c1-24(13-14-3-7-16(21)8-4-14)20(27)23-17-9-5-15(6-10-17)19(26)22-12-11-18(25)28-2/h3-10H,11-13H2,1-2H3,(H,22,26)(H,23,27). The van der Waals surface area contributed by atoms with E-state index in [1.165, 1.54) is 12.0 Å². The fourth-order valence-electron chi connectivity index (χ4n) is 2.34. The van der Waals surface area contributed by atoms with Gasteiger partial charge in [0.15, 0.2) is 0 Å². The van der Waals surface area contributed by atoms with Crippen LogP contribution in [0.15, 0.2) is 48.5 Å². The summed E-state index contributed by atoms with van der Waals surface area (Å²) in [6.45, 7) is 0.628. The molecular weight excluding hydrogens is 382 g/mol. The summed E-state index contributed by atoms with van der Waals surface area (Å²) in [5, 5.41) is 6.05. The molecule has 7 nitrogen and oxygen atoms in total. The zero-order valence-corrected chi connectivity index (χ0v) is 16.5. The van der Waals surface area contributed by atoms with Gasteiger partial charge < -0.3 is 20.3 Å². The molecule has 0 unspecified atom stereocenters. The van der Waals surface area contributed by atoms with Crippen LogP contribution in [0.2, 0.25) is 5.02 Å². The maximum Gasteiger partial charge on any atom is 0.321 e. The van der Waals surface area contributed by atoms with Crippen molar-refractivity contribution in [2.45, 2.75) is 13.0 Å². The summed E-state index contributed by atoms with van der Waals surface area (Å²) in [7, 11) is 2.98. The van der Waals surface area contributed by atoms with E-state index in [-0.39, 0.29) is 30.9 Å². The number of carbonyl (C=O) groups is 3. The third-order valence-electron chi connectivity index (χ3n) is 3.92. The Kier molecular flexibility index (Phi) is 7.83. The second-order valence-corrected chi connectivity index (χ2v) is 6.51. The molecule has 0 aliphatic heterocycles. The van der Waals surface area contributed by atoms with Gasteiger partial charge in [0.2, 0.25) is 0 Å². The summed E-state index contributed by atoms with van der Waals surface area (Å²) >= 11 is 5.86. The van der Waals surface area contributed by atoms with Gasteiger partial charge in [-0.25, -0.2) is 4.79 Å². The number of rotatable bonds is 7. The molecule has 0 radical (unpaired) electrons. The van der Waals surface area contributed by atoms with Crippen LogP contribution < -0.4 is 10.6 Å². The normalized spacial score (nSPS) is 10.1. The van der Waals surface area contributed by atoms with Gasteiger partial charge in [0.1, 0.15) is 0 Å². The molecule has 0 saturated carbocycles. The largest absolute Gasteiger partial charge is 0.469 e. The number of ether oxygens (including phenoxy) is 1. The molecule has 2 N–H and O–H groups in total. The Balaban J connectivity index is 1.85. The highest BCUT2D eigenvalue weighted by molar-refractivity contribution is 6.30. The summed E-state index contributed by atoms with van der Waals surface area (Å²) in [5.74, 6) is -0.692. The van der Waals surface area contributed by atoms with Gasteiger partial charge in [0.05, 0.1) is 13.5 Å². The number of hydrogen-bond acceptors (Lipinski definition) is 4. The topological polar surface area (TPSA) is 87.7 Å². The molecule has 2 rings (SSSR count). The molecule has 0 fully saturated rings. The Morgan fingerprint density at radius 2 is 1.68 bits per heavy atom. The van der Waals surface area contributed by atoms with Crippen molar-refractivity contribution in [3.63, 3.8) is 0 Å². The van der Waals surface area contributed by atoms with Crippen LogP contribution in [0.1, 0.15) is 22.3 Å². The van der Waals surface area contributed by atoms with Crippen molar-refractivity contribution < 1.29 is 19.1 Å². The third-order valence-corrected chi connectivity index (χ3v) is 4.17. The van der Waals surface area contributed by atoms with Crippen LogP contribution >= 0.6 is 11.6 Å². The lowest BCUT2D eigenvalue weighted by atomic mass is 10.2. The Morgan fingerprint density at radius 3 is 2.29 bits per heavy atom. The first kappa shape index (κ1) is 21.2. The van der Waals surface area contributed by atoms with Gasteiger partial charge in [-0.1, -0.05) is 23.7 Å². The van der Waals surface area contributed by atoms with Gasteiger partial charge in [-0.05, 0) is 42.0 Å². The molecule has 2 aromatic rings. The number of urea groups is 1. The van der Waals surface area contributed by atoms with E-state index in [1.54, 1.807) is 43.4 Å². The van der Waals surface area contributed by atoms with Crippen LogP contribution in [0.5, 0.6) is 0 Å². The number of halogens is 1. The smallest absolute Gasteiger partial charge is 0.321 e. The van der Waals surface area contributed by atoms with Gasteiger partial charge in [-0.2, -0.15) is 0 Å². The quantitative estimate of drug-likeness (QED) is 0.694. The third kappa shape index (κ3) is 6.59. The molecule has 3 amide bonds. The summed E-state index contributed by atoms with van der Waals surface area (Å²) in [5.41, 5.74) is 1.96. The van der Waals surface area contributed by atoms with Gasteiger partial charge in [-0.15, -0.1) is 0 Å². The summed E-state index contributed by atoms with van der Waals surface area (Å²) < 4.78 is 4.51. The molecule has 0 aliphatic carbocycles. The Hall–Kier alpha value is -3.06. The van der Waals surface area contributed by atoms with Crippen LogP contribution in [0.3, 0.4) is 0 Å². The van der Waals surface area contributed by atoms with Gasteiger partial charge >= 0.3 is 12.0 Å². The highest BCUT2D eigenvalue weighted by Gasteiger charge is 2.11. The minimum atomic E-state index is -0.388. The maximum atomic E-state index is 12.3. The molecule has 0 aromatic heterocycles. The zero-order valence-electron chi connectivity index (χ0n) is 15.7. The van der Waals surface area contributed by atoms with E-state index in [9.17, 15) is 14.4 Å². The molecule has 0 atom stereocenters. The van der Waals surface area contributed by atoms with Crippen molar-refractivity contribution in [1.29, 1.82) is 0 Å². The lowest BCUT2D eigenvalue weighted by Crippen LogP contribution is -2.30. The van der Waals surface area contributed by atoms with E-state index in [0.29, 0.717) is 22.8 Å². The van der Waals surface area contributed by atoms with Gasteiger partial charge in [-0.3, -0.25) is 9.59 Å². The molecule has 0 spiro atoms. The number of esters is 1. The van der Waals surface area contributed by atoms with Crippen LogP contribution in [-0.4, -0.2) is 43.5 Å². The Morgan fingerprint density at radius 1 is 1.04 bits per heavy atom. The first-order valence-corrected chi connectivity index (χ1v) is 8.98. The lowest BCUT2D eigenvalue weighted by Gasteiger charge is -2.18. The average Bonchev–Trinajstić information content (AvgIpc) is 2.69. The number of benzene rings is 2. The second-order valence-electron chi connectivity index (χ2n) is 6.07. The summed E-state index contributed by atoms with van der Waals surface area (Å²) in [4.78, 5) is 36.9. The highest BCUT2D eigenvalue weighted by atomic mass is 35.5. The van der Waals surface area contributed by atoms with Crippen molar-refractivity contribution in [2.75, 3.05) is 26.0 Å². The number of anilines is 1. The molecule has 8 heteroatoms. The molecule has 0 heterocycles. The first-order valence-electron chi connectivity index (χ1n) is 8.60. The Labute approximate surface area is 168 Å². The molecule has 2 aromatic carbocycles. The fourth-order valence-corrected chi connectivity index (χ4v) is 2.47. The van der Waals surface area contributed by atoms with Crippen molar-refractivity contribution in [3.05, 3.63) is 64.7 Å². The monoisotopic (exact) mass is 403 g/mol. The average molecular weight is 404 g/mol. The van der Waals surface area contributed by atoms with E-state index >= 15 is 0 Å². The van der Waals surface area contributed by atoms with E-state index in [0.717, 1.165) is 5.56 Å². The van der Waals surface area contributed by atoms with Crippen LogP contribution in [0.25, 0.3) is 0 Å².